The summed E-state index contributed by atoms with van der Waals surface area (Å²) in [5.74, 6) is 0.545. The van der Waals surface area contributed by atoms with Crippen LogP contribution in [-0.4, -0.2) is 58.7 Å². The van der Waals surface area contributed by atoms with Crippen LogP contribution < -0.4 is 9.47 Å². The van der Waals surface area contributed by atoms with E-state index in [2.05, 4.69) is 8.37 Å². The number of nitrogens with zero attached hydrogens (tertiary/aromatic N) is 2. The van der Waals surface area contributed by atoms with Crippen molar-refractivity contribution in [3.05, 3.63) is 64.2 Å². The molecule has 11 heteroatoms. The Morgan fingerprint density at radius 3 is 2.40 bits per heavy atom. The Labute approximate surface area is 175 Å². The smallest absolute Gasteiger partial charge is 0.399 e. The van der Waals surface area contributed by atoms with Gasteiger partial charge in [-0.05, 0) is 18.7 Å². The van der Waals surface area contributed by atoms with E-state index in [0.717, 1.165) is 12.7 Å². The van der Waals surface area contributed by atoms with Crippen LogP contribution in [0.2, 0.25) is 0 Å². The van der Waals surface area contributed by atoms with E-state index < -0.39 is 15.3 Å². The van der Waals surface area contributed by atoms with E-state index in [1.165, 1.54) is 18.2 Å². The van der Waals surface area contributed by atoms with E-state index in [0.29, 0.717) is 25.4 Å². The van der Waals surface area contributed by atoms with Crippen LogP contribution in [0.5, 0.6) is 11.5 Å². The highest BCUT2D eigenvalue weighted by Gasteiger charge is 2.17. The maximum atomic E-state index is 11.3. The van der Waals surface area contributed by atoms with Gasteiger partial charge in [0.1, 0.15) is 19.0 Å². The summed E-state index contributed by atoms with van der Waals surface area (Å²) in [6.07, 6.45) is 0. The maximum Gasteiger partial charge on any atom is 0.399 e. The van der Waals surface area contributed by atoms with Gasteiger partial charge in [-0.2, -0.15) is 8.42 Å². The van der Waals surface area contributed by atoms with Gasteiger partial charge in [0.2, 0.25) is 5.75 Å². The van der Waals surface area contributed by atoms with Crippen LogP contribution in [0.1, 0.15) is 5.56 Å². The van der Waals surface area contributed by atoms with Crippen LogP contribution in [0, 0.1) is 10.1 Å². The van der Waals surface area contributed by atoms with Crippen LogP contribution >= 0.6 is 0 Å². The van der Waals surface area contributed by atoms with Crippen molar-refractivity contribution in [2.45, 2.75) is 6.61 Å². The molecule has 10 nitrogen and oxygen atoms in total. The molecule has 2 aromatic carbocycles. The second-order valence-corrected chi connectivity index (χ2v) is 7.60. The van der Waals surface area contributed by atoms with E-state index in [-0.39, 0.29) is 24.7 Å². The van der Waals surface area contributed by atoms with Gasteiger partial charge in [-0.1, -0.05) is 30.3 Å². The minimum atomic E-state index is -3.97. The lowest BCUT2D eigenvalue weighted by Gasteiger charge is -2.17. The Bertz CT molecular complexity index is 921. The summed E-state index contributed by atoms with van der Waals surface area (Å²) in [4.78, 5) is 12.5. The molecule has 0 saturated heterocycles. The van der Waals surface area contributed by atoms with Crippen LogP contribution in [0.15, 0.2) is 48.5 Å². The first-order valence-corrected chi connectivity index (χ1v) is 10.4. The van der Waals surface area contributed by atoms with Crippen LogP contribution in [0.25, 0.3) is 0 Å². The summed E-state index contributed by atoms with van der Waals surface area (Å²) in [5.41, 5.74) is 0.803. The average molecular weight is 440 g/mol. The van der Waals surface area contributed by atoms with Gasteiger partial charge in [0, 0.05) is 25.2 Å². The second kappa shape index (κ2) is 11.5. The van der Waals surface area contributed by atoms with Crippen molar-refractivity contribution in [3.63, 3.8) is 0 Å². The minimum Gasteiger partial charge on any atom is -0.489 e. The first-order chi connectivity index (χ1) is 14.3. The van der Waals surface area contributed by atoms with E-state index in [4.69, 9.17) is 9.47 Å². The van der Waals surface area contributed by atoms with Crippen molar-refractivity contribution in [2.75, 3.05) is 40.5 Å². The van der Waals surface area contributed by atoms with E-state index in [1.807, 2.05) is 30.3 Å². The van der Waals surface area contributed by atoms with Crippen molar-refractivity contribution in [1.82, 2.24) is 4.90 Å². The van der Waals surface area contributed by atoms with Crippen molar-refractivity contribution in [3.8, 4) is 11.5 Å². The SMILES string of the molecule is COS(=O)(=O)OCCN(C)CCOc1cc(OCc2ccccc2)ccc1[N+](=O)[O-]. The molecule has 0 heterocycles. The second-order valence-electron chi connectivity index (χ2n) is 6.21. The van der Waals surface area contributed by atoms with Gasteiger partial charge in [0.05, 0.1) is 18.6 Å². The lowest BCUT2D eigenvalue weighted by molar-refractivity contribution is -0.385. The first-order valence-electron chi connectivity index (χ1n) is 9.02. The third-order valence-corrected chi connectivity index (χ3v) is 4.88. The minimum absolute atomic E-state index is 0.0877. The predicted molar refractivity (Wildman–Crippen MR) is 109 cm³/mol. The van der Waals surface area contributed by atoms with Crippen molar-refractivity contribution < 1.29 is 31.2 Å². The highest BCUT2D eigenvalue weighted by atomic mass is 32.3. The van der Waals surface area contributed by atoms with Crippen LogP contribution in [-0.2, 0) is 25.4 Å². The molecule has 0 fully saturated rings. The molecular weight excluding hydrogens is 416 g/mol. The highest BCUT2D eigenvalue weighted by molar-refractivity contribution is 7.81. The van der Waals surface area contributed by atoms with Gasteiger partial charge in [-0.15, -0.1) is 0 Å². The summed E-state index contributed by atoms with van der Waals surface area (Å²) in [6.45, 7) is 1.08. The molecule has 0 atom stereocenters. The molecule has 0 unspecified atom stereocenters. The summed E-state index contributed by atoms with van der Waals surface area (Å²) in [7, 11) is -1.22. The Morgan fingerprint density at radius 2 is 1.73 bits per heavy atom. The molecule has 2 rings (SSSR count). The zero-order valence-corrected chi connectivity index (χ0v) is 17.5. The predicted octanol–water partition coefficient (Wildman–Crippen LogP) is 2.39. The van der Waals surface area contributed by atoms with Gasteiger partial charge in [-0.25, -0.2) is 4.18 Å². The molecule has 0 aromatic heterocycles. The third-order valence-electron chi connectivity index (χ3n) is 4.01. The highest BCUT2D eigenvalue weighted by Crippen LogP contribution is 2.31. The molecule has 0 N–H and O–H groups in total. The van der Waals surface area contributed by atoms with Crippen molar-refractivity contribution >= 4 is 16.1 Å². The maximum absolute atomic E-state index is 11.3. The molecule has 0 spiro atoms. The number of rotatable bonds is 13. The van der Waals surface area contributed by atoms with Gasteiger partial charge in [0.25, 0.3) is 0 Å². The molecule has 0 aliphatic rings. The van der Waals surface area contributed by atoms with Crippen molar-refractivity contribution in [2.24, 2.45) is 0 Å². The van der Waals surface area contributed by atoms with Gasteiger partial charge < -0.3 is 14.4 Å². The Kier molecular flexibility index (Phi) is 8.99. The number of nitro benzene ring substituents is 1. The normalized spacial score (nSPS) is 11.4. The van der Waals surface area contributed by atoms with E-state index in [1.54, 1.807) is 11.9 Å². The molecule has 0 amide bonds. The quantitative estimate of drug-likeness (QED) is 0.342. The lowest BCUT2D eigenvalue weighted by atomic mass is 10.2. The van der Waals surface area contributed by atoms with E-state index in [9.17, 15) is 18.5 Å². The monoisotopic (exact) mass is 440 g/mol. The topological polar surface area (TPSA) is 117 Å². The molecule has 164 valence electrons. The Balaban J connectivity index is 1.89. The number of ether oxygens (including phenoxy) is 2. The summed E-state index contributed by atoms with van der Waals surface area (Å²) >= 11 is 0. The molecule has 0 bridgehead atoms. The summed E-state index contributed by atoms with van der Waals surface area (Å²) in [5, 5.41) is 11.3. The fourth-order valence-electron chi connectivity index (χ4n) is 2.36. The standard InChI is InChI=1S/C19H24N2O8S/c1-20(11-13-29-30(24,25)26-2)10-12-27-19-14-17(8-9-18(19)21(22)23)28-15-16-6-4-3-5-7-16/h3-9,14H,10-13,15H2,1-2H3. The lowest BCUT2D eigenvalue weighted by Crippen LogP contribution is -2.28. The molecular formula is C19H24N2O8S. The van der Waals surface area contributed by atoms with Gasteiger partial charge >= 0.3 is 16.1 Å². The first kappa shape index (κ1) is 23.5. The van der Waals surface area contributed by atoms with Crippen molar-refractivity contribution in [1.29, 1.82) is 0 Å². The number of benzene rings is 2. The van der Waals surface area contributed by atoms with Gasteiger partial charge in [0.15, 0.2) is 0 Å². The van der Waals surface area contributed by atoms with Crippen LogP contribution in [0.3, 0.4) is 0 Å². The molecule has 0 saturated carbocycles. The fourth-order valence-corrected chi connectivity index (χ4v) is 2.73. The Hall–Kier alpha value is -2.73. The molecule has 30 heavy (non-hydrogen) atoms. The van der Waals surface area contributed by atoms with E-state index >= 15 is 0 Å². The molecule has 0 radical (unpaired) electrons. The number of likely N-dealkylation sites (N-methyl/N-ethyl adjacent to an activating group) is 1. The number of nitro groups is 1. The third kappa shape index (κ3) is 7.95. The summed E-state index contributed by atoms with van der Waals surface area (Å²) < 4.78 is 42.3. The summed E-state index contributed by atoms with van der Waals surface area (Å²) in [6, 6.07) is 13.9. The zero-order chi connectivity index (χ0) is 22.0. The fraction of sp³-hybridized carbons (Fsp3) is 0.368. The largest absolute Gasteiger partial charge is 0.489 e. The Morgan fingerprint density at radius 1 is 1.03 bits per heavy atom. The molecule has 0 aliphatic carbocycles. The number of hydrogen-bond donors (Lipinski definition) is 0. The van der Waals surface area contributed by atoms with Gasteiger partial charge in [-0.3, -0.25) is 14.3 Å². The van der Waals surface area contributed by atoms with Crippen LogP contribution in [0.4, 0.5) is 5.69 Å². The zero-order valence-electron chi connectivity index (χ0n) is 16.7. The molecule has 2 aromatic rings. The number of hydrogen-bond acceptors (Lipinski definition) is 9. The molecule has 0 aliphatic heterocycles. The average Bonchev–Trinajstić information content (AvgIpc) is 2.73.